The third kappa shape index (κ3) is 3.18. The lowest BCUT2D eigenvalue weighted by Crippen LogP contribution is -2.51. The third-order valence-electron chi connectivity index (χ3n) is 3.06. The quantitative estimate of drug-likeness (QED) is 0.446. The van der Waals surface area contributed by atoms with E-state index in [0.717, 1.165) is 31.9 Å². The molecule has 0 saturated carbocycles. The average molecular weight is 362 g/mol. The van der Waals surface area contributed by atoms with Crippen molar-refractivity contribution in [2.45, 2.75) is 0 Å². The number of para-hydroxylation sites is 2. The molecule has 1 aromatic rings. The molecule has 0 aliphatic carbocycles. The zero-order valence-corrected chi connectivity index (χ0v) is 12.7. The van der Waals surface area contributed by atoms with Crippen LogP contribution in [0.1, 0.15) is 0 Å². The number of nitrogens with two attached hydrogens (primary N) is 1. The maximum absolute atomic E-state index is 9.78. The molecule has 0 amide bonds. The molecule has 1 aliphatic heterocycles. The summed E-state index contributed by atoms with van der Waals surface area (Å²) in [5, 5.41) is 9.78. The first kappa shape index (κ1) is 14.9. The van der Waals surface area contributed by atoms with Gasteiger partial charge in [-0.1, -0.05) is 12.1 Å². The number of rotatable bonds is 1. The van der Waals surface area contributed by atoms with Gasteiger partial charge in [0.25, 0.3) is 0 Å². The first-order chi connectivity index (χ1) is 8.22. The topological polar surface area (TPSA) is 65.1 Å². The summed E-state index contributed by atoms with van der Waals surface area (Å²) in [6, 6.07) is 7.41. The SMILES string of the molecule is CN=C(N)N1CCN(c2ccccc2O)CC1.I. The maximum atomic E-state index is 9.78. The largest absolute Gasteiger partial charge is 0.506 e. The number of benzene rings is 1. The molecule has 6 heteroatoms. The normalized spacial score (nSPS) is 16.4. The number of hydrogen-bond acceptors (Lipinski definition) is 3. The number of phenols is 1. The summed E-state index contributed by atoms with van der Waals surface area (Å²) in [6.45, 7) is 3.34. The number of piperazine rings is 1. The number of aromatic hydroxyl groups is 1. The number of aliphatic imine (C=N–C) groups is 1. The second-order valence-electron chi connectivity index (χ2n) is 4.04. The van der Waals surface area contributed by atoms with Crippen molar-refractivity contribution < 1.29 is 5.11 Å². The second kappa shape index (κ2) is 6.67. The van der Waals surface area contributed by atoms with Crippen molar-refractivity contribution in [3.8, 4) is 5.75 Å². The fourth-order valence-electron chi connectivity index (χ4n) is 2.05. The standard InChI is InChI=1S/C12H18N4O.HI/c1-14-12(13)16-8-6-15(7-9-16)10-4-2-3-5-11(10)17;/h2-5,17H,6-9H2,1H3,(H2,13,14);1H. The van der Waals surface area contributed by atoms with Gasteiger partial charge in [0.2, 0.25) is 0 Å². The molecule has 100 valence electrons. The van der Waals surface area contributed by atoms with Gasteiger partial charge in [-0.15, -0.1) is 24.0 Å². The minimum atomic E-state index is 0. The van der Waals surface area contributed by atoms with E-state index in [1.165, 1.54) is 0 Å². The Morgan fingerprint density at radius 2 is 1.83 bits per heavy atom. The van der Waals surface area contributed by atoms with Gasteiger partial charge in [0, 0.05) is 33.2 Å². The van der Waals surface area contributed by atoms with Crippen molar-refractivity contribution in [2.75, 3.05) is 38.1 Å². The summed E-state index contributed by atoms with van der Waals surface area (Å²) >= 11 is 0. The van der Waals surface area contributed by atoms with Gasteiger partial charge in [-0.05, 0) is 12.1 Å². The molecule has 0 aromatic heterocycles. The molecule has 5 nitrogen and oxygen atoms in total. The molecule has 0 spiro atoms. The molecule has 0 atom stereocenters. The number of nitrogens with zero attached hydrogens (tertiary/aromatic N) is 3. The van der Waals surface area contributed by atoms with Crippen LogP contribution >= 0.6 is 24.0 Å². The molecule has 0 bridgehead atoms. The highest BCUT2D eigenvalue weighted by molar-refractivity contribution is 14.0. The zero-order valence-electron chi connectivity index (χ0n) is 10.4. The molecule has 1 fully saturated rings. The molecule has 1 aliphatic rings. The smallest absolute Gasteiger partial charge is 0.191 e. The van der Waals surface area contributed by atoms with E-state index in [1.807, 2.05) is 18.2 Å². The van der Waals surface area contributed by atoms with Crippen LogP contribution in [0.5, 0.6) is 5.75 Å². The minimum Gasteiger partial charge on any atom is -0.506 e. The molecule has 0 radical (unpaired) electrons. The Morgan fingerprint density at radius 3 is 2.39 bits per heavy atom. The lowest BCUT2D eigenvalue weighted by atomic mass is 10.2. The Balaban J connectivity index is 0.00000162. The van der Waals surface area contributed by atoms with Crippen LogP contribution in [0.2, 0.25) is 0 Å². The van der Waals surface area contributed by atoms with Crippen LogP contribution in [-0.4, -0.2) is 49.2 Å². The number of anilines is 1. The predicted octanol–water partition coefficient (Wildman–Crippen LogP) is 1.08. The number of guanidine groups is 1. The Labute approximate surface area is 124 Å². The van der Waals surface area contributed by atoms with Gasteiger partial charge in [0.1, 0.15) is 5.75 Å². The van der Waals surface area contributed by atoms with Gasteiger partial charge in [0.05, 0.1) is 5.69 Å². The van der Waals surface area contributed by atoms with Crippen LogP contribution < -0.4 is 10.6 Å². The fourth-order valence-corrected chi connectivity index (χ4v) is 2.05. The molecular formula is C12H19IN4O. The van der Waals surface area contributed by atoms with Crippen LogP contribution in [0.3, 0.4) is 0 Å². The Kier molecular flexibility index (Phi) is 5.52. The van der Waals surface area contributed by atoms with E-state index in [9.17, 15) is 5.11 Å². The molecule has 1 aromatic carbocycles. The van der Waals surface area contributed by atoms with Crippen molar-refractivity contribution in [3.63, 3.8) is 0 Å². The van der Waals surface area contributed by atoms with Gasteiger partial charge < -0.3 is 20.6 Å². The summed E-state index contributed by atoms with van der Waals surface area (Å²) in [5.74, 6) is 0.917. The third-order valence-corrected chi connectivity index (χ3v) is 3.06. The molecule has 1 saturated heterocycles. The Bertz CT molecular complexity index is 416. The van der Waals surface area contributed by atoms with Gasteiger partial charge in [0.15, 0.2) is 5.96 Å². The van der Waals surface area contributed by atoms with Gasteiger partial charge in [-0.3, -0.25) is 4.99 Å². The first-order valence-electron chi connectivity index (χ1n) is 5.72. The number of hydrogen-bond donors (Lipinski definition) is 2. The van der Waals surface area contributed by atoms with Crippen molar-refractivity contribution in [3.05, 3.63) is 24.3 Å². The van der Waals surface area contributed by atoms with Crippen LogP contribution in [0.25, 0.3) is 0 Å². The predicted molar refractivity (Wildman–Crippen MR) is 84.9 cm³/mol. The number of halogens is 1. The van der Waals surface area contributed by atoms with E-state index in [0.29, 0.717) is 11.7 Å². The van der Waals surface area contributed by atoms with E-state index >= 15 is 0 Å². The Hall–Kier alpha value is -1.18. The molecule has 1 heterocycles. The van der Waals surface area contributed by atoms with Crippen LogP contribution in [-0.2, 0) is 0 Å². The number of phenolic OH excluding ortho intramolecular Hbond substituents is 1. The highest BCUT2D eigenvalue weighted by Crippen LogP contribution is 2.26. The maximum Gasteiger partial charge on any atom is 0.191 e. The van der Waals surface area contributed by atoms with Crippen LogP contribution in [0, 0.1) is 0 Å². The molecule has 2 rings (SSSR count). The fraction of sp³-hybridized carbons (Fsp3) is 0.417. The molecule has 0 unspecified atom stereocenters. The van der Waals surface area contributed by atoms with E-state index in [1.54, 1.807) is 13.1 Å². The van der Waals surface area contributed by atoms with Crippen molar-refractivity contribution >= 4 is 35.6 Å². The van der Waals surface area contributed by atoms with Crippen molar-refractivity contribution in [1.29, 1.82) is 0 Å². The second-order valence-corrected chi connectivity index (χ2v) is 4.04. The van der Waals surface area contributed by atoms with E-state index in [2.05, 4.69) is 14.8 Å². The zero-order chi connectivity index (χ0) is 12.3. The minimum absolute atomic E-state index is 0. The van der Waals surface area contributed by atoms with Crippen molar-refractivity contribution in [2.24, 2.45) is 10.7 Å². The molecular weight excluding hydrogens is 343 g/mol. The van der Waals surface area contributed by atoms with E-state index in [-0.39, 0.29) is 24.0 Å². The van der Waals surface area contributed by atoms with Gasteiger partial charge in [-0.25, -0.2) is 0 Å². The van der Waals surface area contributed by atoms with Gasteiger partial charge in [-0.2, -0.15) is 0 Å². The van der Waals surface area contributed by atoms with Crippen molar-refractivity contribution in [1.82, 2.24) is 4.90 Å². The lowest BCUT2D eigenvalue weighted by Gasteiger charge is -2.36. The summed E-state index contributed by atoms with van der Waals surface area (Å²) in [4.78, 5) is 8.19. The van der Waals surface area contributed by atoms with Gasteiger partial charge >= 0.3 is 0 Å². The Morgan fingerprint density at radius 1 is 1.22 bits per heavy atom. The summed E-state index contributed by atoms with van der Waals surface area (Å²) in [6.07, 6.45) is 0. The van der Waals surface area contributed by atoms with E-state index in [4.69, 9.17) is 5.73 Å². The summed E-state index contributed by atoms with van der Waals surface area (Å²) in [7, 11) is 1.70. The van der Waals surface area contributed by atoms with Crippen LogP contribution in [0.4, 0.5) is 5.69 Å². The first-order valence-corrected chi connectivity index (χ1v) is 5.72. The molecule has 3 N–H and O–H groups in total. The van der Waals surface area contributed by atoms with E-state index < -0.39 is 0 Å². The van der Waals surface area contributed by atoms with Crippen LogP contribution in [0.15, 0.2) is 29.3 Å². The lowest BCUT2D eigenvalue weighted by molar-refractivity contribution is 0.378. The summed E-state index contributed by atoms with van der Waals surface area (Å²) in [5.41, 5.74) is 6.66. The highest BCUT2D eigenvalue weighted by Gasteiger charge is 2.19. The highest BCUT2D eigenvalue weighted by atomic mass is 127. The summed E-state index contributed by atoms with van der Waals surface area (Å²) < 4.78 is 0. The molecule has 18 heavy (non-hydrogen) atoms. The average Bonchev–Trinajstić information content (AvgIpc) is 2.39. The monoisotopic (exact) mass is 362 g/mol.